The van der Waals surface area contributed by atoms with Crippen molar-refractivity contribution in [2.45, 2.75) is 13.1 Å². The zero-order chi connectivity index (χ0) is 21.9. The molecular weight excluding hydrogens is 384 g/mol. The second-order valence-electron chi connectivity index (χ2n) is 6.70. The maximum atomic E-state index is 11.9. The molecule has 30 heavy (non-hydrogen) atoms. The van der Waals surface area contributed by atoms with Crippen molar-refractivity contribution in [1.82, 2.24) is 15.5 Å². The maximum absolute atomic E-state index is 11.9. The third-order valence-corrected chi connectivity index (χ3v) is 4.32. The number of esters is 1. The van der Waals surface area contributed by atoms with Crippen molar-refractivity contribution < 1.29 is 19.1 Å². The van der Waals surface area contributed by atoms with Crippen LogP contribution in [0.15, 0.2) is 53.5 Å². The molecule has 2 rings (SSSR count). The second kappa shape index (κ2) is 11.5. The van der Waals surface area contributed by atoms with Crippen LogP contribution < -0.4 is 15.4 Å². The van der Waals surface area contributed by atoms with Gasteiger partial charge in [-0.05, 0) is 35.4 Å². The minimum absolute atomic E-state index is 0.0589. The number of methoxy groups -OCH3 is 2. The lowest BCUT2D eigenvalue weighted by Gasteiger charge is -2.15. The van der Waals surface area contributed by atoms with Crippen LogP contribution in [0, 0.1) is 0 Å². The number of amides is 1. The summed E-state index contributed by atoms with van der Waals surface area (Å²) >= 11 is 0. The molecule has 1 amide bonds. The standard InChI is InChI=1S/C22H28N4O4/c1-26(2)20(27)15-25-22(24-14-17-7-11-19(29-3)12-8-17)23-13-16-5-9-18(10-6-16)21(28)30-4/h5-12H,13-15H2,1-4H3,(H2,23,24,25). The van der Waals surface area contributed by atoms with Crippen LogP contribution in [0.5, 0.6) is 5.75 Å². The van der Waals surface area contributed by atoms with E-state index < -0.39 is 0 Å². The Labute approximate surface area is 176 Å². The number of carbonyl (C=O) groups is 2. The van der Waals surface area contributed by atoms with Gasteiger partial charge in [-0.25, -0.2) is 9.79 Å². The molecule has 2 aromatic rings. The first-order valence-corrected chi connectivity index (χ1v) is 9.45. The van der Waals surface area contributed by atoms with E-state index in [1.165, 1.54) is 12.0 Å². The molecule has 8 heteroatoms. The molecule has 0 unspecified atom stereocenters. The van der Waals surface area contributed by atoms with Gasteiger partial charge in [0.15, 0.2) is 5.96 Å². The lowest BCUT2D eigenvalue weighted by molar-refractivity contribution is -0.127. The molecule has 0 saturated heterocycles. The third kappa shape index (κ3) is 7.12. The molecule has 2 N–H and O–H groups in total. The Balaban J connectivity index is 2.04. The summed E-state index contributed by atoms with van der Waals surface area (Å²) in [6.45, 7) is 1.05. The summed E-state index contributed by atoms with van der Waals surface area (Å²) in [7, 11) is 6.38. The van der Waals surface area contributed by atoms with Gasteiger partial charge in [0.25, 0.3) is 0 Å². The molecule has 0 aromatic heterocycles. The van der Waals surface area contributed by atoms with E-state index in [4.69, 9.17) is 9.47 Å². The predicted octanol–water partition coefficient (Wildman–Crippen LogP) is 1.81. The maximum Gasteiger partial charge on any atom is 0.337 e. The van der Waals surface area contributed by atoms with E-state index in [1.54, 1.807) is 33.3 Å². The van der Waals surface area contributed by atoms with Crippen molar-refractivity contribution in [3.05, 3.63) is 65.2 Å². The van der Waals surface area contributed by atoms with E-state index in [1.807, 2.05) is 36.4 Å². The first-order chi connectivity index (χ1) is 14.4. The minimum atomic E-state index is -0.375. The van der Waals surface area contributed by atoms with E-state index in [9.17, 15) is 9.59 Å². The summed E-state index contributed by atoms with van der Waals surface area (Å²) in [6.07, 6.45) is 0. The molecule has 0 heterocycles. The average Bonchev–Trinajstić information content (AvgIpc) is 2.78. The summed E-state index contributed by atoms with van der Waals surface area (Å²) in [5, 5.41) is 6.26. The fraction of sp³-hybridized carbons (Fsp3) is 0.318. The fourth-order valence-corrected chi connectivity index (χ4v) is 2.46. The van der Waals surface area contributed by atoms with Crippen LogP contribution in [0.4, 0.5) is 0 Å². The SMILES string of the molecule is COC(=O)c1ccc(CNC(=NCc2ccc(OC)cc2)NCC(=O)N(C)C)cc1. The van der Waals surface area contributed by atoms with Crippen LogP contribution in [-0.2, 0) is 22.6 Å². The van der Waals surface area contributed by atoms with Gasteiger partial charge < -0.3 is 25.0 Å². The van der Waals surface area contributed by atoms with Gasteiger partial charge >= 0.3 is 5.97 Å². The highest BCUT2D eigenvalue weighted by atomic mass is 16.5. The second-order valence-corrected chi connectivity index (χ2v) is 6.70. The van der Waals surface area contributed by atoms with Gasteiger partial charge in [-0.2, -0.15) is 0 Å². The van der Waals surface area contributed by atoms with Crippen LogP contribution >= 0.6 is 0 Å². The number of rotatable bonds is 8. The number of nitrogens with zero attached hydrogens (tertiary/aromatic N) is 2. The Bertz CT molecular complexity index is 862. The fourth-order valence-electron chi connectivity index (χ4n) is 2.46. The lowest BCUT2D eigenvalue weighted by atomic mass is 10.1. The van der Waals surface area contributed by atoms with Gasteiger partial charge in [0.05, 0.1) is 32.9 Å². The van der Waals surface area contributed by atoms with E-state index in [0.29, 0.717) is 24.6 Å². The van der Waals surface area contributed by atoms with Gasteiger partial charge in [-0.15, -0.1) is 0 Å². The number of nitrogens with one attached hydrogen (secondary N) is 2. The quantitative estimate of drug-likeness (QED) is 0.390. The summed E-state index contributed by atoms with van der Waals surface area (Å²) in [4.78, 5) is 29.5. The first kappa shape index (κ1) is 22.7. The topological polar surface area (TPSA) is 92.3 Å². The number of aliphatic imine (C=N–C) groups is 1. The molecule has 0 spiro atoms. The van der Waals surface area contributed by atoms with Crippen molar-refractivity contribution in [1.29, 1.82) is 0 Å². The summed E-state index contributed by atoms with van der Waals surface area (Å²) in [6, 6.07) is 14.7. The van der Waals surface area contributed by atoms with Gasteiger partial charge in [0.2, 0.25) is 5.91 Å². The number of hydrogen-bond acceptors (Lipinski definition) is 5. The molecule has 0 saturated carbocycles. The number of benzene rings is 2. The van der Waals surface area contributed by atoms with E-state index in [-0.39, 0.29) is 18.4 Å². The Morgan fingerprint density at radius 3 is 2.13 bits per heavy atom. The molecule has 0 aliphatic carbocycles. The van der Waals surface area contributed by atoms with Crippen molar-refractivity contribution in [3.8, 4) is 5.75 Å². The van der Waals surface area contributed by atoms with Gasteiger partial charge in [-0.3, -0.25) is 4.79 Å². The number of ether oxygens (including phenoxy) is 2. The number of hydrogen-bond donors (Lipinski definition) is 2. The highest BCUT2D eigenvalue weighted by Gasteiger charge is 2.07. The lowest BCUT2D eigenvalue weighted by Crippen LogP contribution is -2.42. The van der Waals surface area contributed by atoms with Crippen LogP contribution in [0.2, 0.25) is 0 Å². The summed E-state index contributed by atoms with van der Waals surface area (Å²) in [5.41, 5.74) is 2.46. The monoisotopic (exact) mass is 412 g/mol. The normalized spacial score (nSPS) is 10.9. The highest BCUT2D eigenvalue weighted by Crippen LogP contribution is 2.12. The molecule has 8 nitrogen and oxygen atoms in total. The molecule has 0 atom stereocenters. The van der Waals surface area contributed by atoms with Crippen LogP contribution in [-0.4, -0.2) is 57.6 Å². The minimum Gasteiger partial charge on any atom is -0.497 e. The van der Waals surface area contributed by atoms with Gasteiger partial charge in [0.1, 0.15) is 5.75 Å². The van der Waals surface area contributed by atoms with Crippen LogP contribution in [0.1, 0.15) is 21.5 Å². The van der Waals surface area contributed by atoms with Gasteiger partial charge in [0, 0.05) is 20.6 Å². The number of carbonyl (C=O) groups excluding carboxylic acids is 2. The zero-order valence-corrected chi connectivity index (χ0v) is 17.8. The van der Waals surface area contributed by atoms with E-state index in [2.05, 4.69) is 15.6 Å². The highest BCUT2D eigenvalue weighted by molar-refractivity contribution is 5.89. The molecule has 0 fully saturated rings. The Morgan fingerprint density at radius 2 is 1.57 bits per heavy atom. The summed E-state index contributed by atoms with van der Waals surface area (Å²) < 4.78 is 9.88. The van der Waals surface area contributed by atoms with Crippen molar-refractivity contribution >= 4 is 17.8 Å². The molecular formula is C22H28N4O4. The molecule has 0 radical (unpaired) electrons. The van der Waals surface area contributed by atoms with Crippen molar-refractivity contribution in [3.63, 3.8) is 0 Å². The average molecular weight is 412 g/mol. The van der Waals surface area contributed by atoms with Crippen LogP contribution in [0.25, 0.3) is 0 Å². The smallest absolute Gasteiger partial charge is 0.337 e. The predicted molar refractivity (Wildman–Crippen MR) is 115 cm³/mol. The third-order valence-electron chi connectivity index (χ3n) is 4.32. The molecule has 160 valence electrons. The van der Waals surface area contributed by atoms with Crippen molar-refractivity contribution in [2.24, 2.45) is 4.99 Å². The van der Waals surface area contributed by atoms with Gasteiger partial charge in [-0.1, -0.05) is 24.3 Å². The molecule has 0 aliphatic heterocycles. The molecule has 0 aliphatic rings. The van der Waals surface area contributed by atoms with Crippen LogP contribution in [0.3, 0.4) is 0 Å². The van der Waals surface area contributed by atoms with E-state index >= 15 is 0 Å². The first-order valence-electron chi connectivity index (χ1n) is 9.45. The Morgan fingerprint density at radius 1 is 0.933 bits per heavy atom. The van der Waals surface area contributed by atoms with Crippen molar-refractivity contribution in [2.75, 3.05) is 34.9 Å². The van der Waals surface area contributed by atoms with E-state index in [0.717, 1.165) is 16.9 Å². The Kier molecular flexibility index (Phi) is 8.68. The number of guanidine groups is 1. The Hall–Kier alpha value is -3.55. The molecule has 2 aromatic carbocycles. The summed E-state index contributed by atoms with van der Waals surface area (Å²) in [5.74, 6) is 0.862. The molecule has 0 bridgehead atoms. The largest absolute Gasteiger partial charge is 0.497 e. The number of likely N-dealkylation sites (N-methyl/N-ethyl adjacent to an activating group) is 1. The zero-order valence-electron chi connectivity index (χ0n) is 17.8.